The lowest BCUT2D eigenvalue weighted by Gasteiger charge is -2.17. The number of rotatable bonds is 4. The quantitative estimate of drug-likeness (QED) is 0.623. The molecule has 5 nitrogen and oxygen atoms in total. The van der Waals surface area contributed by atoms with Crippen molar-refractivity contribution in [3.8, 4) is 0 Å². The zero-order chi connectivity index (χ0) is 13.1. The van der Waals surface area contributed by atoms with E-state index >= 15 is 0 Å². The monoisotopic (exact) mass is 251 g/mol. The van der Waals surface area contributed by atoms with Crippen molar-refractivity contribution in [1.82, 2.24) is 4.98 Å². The van der Waals surface area contributed by atoms with Crippen LogP contribution in [0.4, 0.5) is 24.5 Å². The van der Waals surface area contributed by atoms with Crippen molar-refractivity contribution >= 4 is 11.4 Å². The van der Waals surface area contributed by atoms with E-state index in [1.165, 1.54) is 0 Å². The number of aromatic nitrogens is 1. The molecule has 0 aliphatic rings. The van der Waals surface area contributed by atoms with E-state index in [2.05, 4.69) is 10.3 Å². The van der Waals surface area contributed by atoms with Crippen LogP contribution in [0.15, 0.2) is 12.3 Å². The number of halogens is 3. The number of hydrogen-bond donors (Lipinski definition) is 4. The number of alkyl halides is 3. The number of nitrogens with one attached hydrogen (secondary N) is 1. The average molecular weight is 251 g/mol. The average Bonchev–Trinajstić information content (AvgIpc) is 2.26. The Morgan fingerprint density at radius 1 is 1.35 bits per heavy atom. The minimum Gasteiger partial charge on any atom is -0.396 e. The summed E-state index contributed by atoms with van der Waals surface area (Å²) in [7, 11) is 0. The molecule has 1 aromatic heterocycles. The van der Waals surface area contributed by atoms with Crippen molar-refractivity contribution < 1.29 is 23.4 Å². The van der Waals surface area contributed by atoms with Gasteiger partial charge in [-0.2, -0.15) is 13.2 Å². The normalized spacial score (nSPS) is 11.9. The first-order chi connectivity index (χ1) is 7.88. The highest BCUT2D eigenvalue weighted by molar-refractivity contribution is 5.65. The third-order valence-electron chi connectivity index (χ3n) is 2.03. The minimum absolute atomic E-state index is 0.00454. The molecule has 0 amide bonds. The largest absolute Gasteiger partial charge is 0.433 e. The predicted molar refractivity (Wildman–Crippen MR) is 55.2 cm³/mol. The van der Waals surface area contributed by atoms with Gasteiger partial charge >= 0.3 is 6.18 Å². The summed E-state index contributed by atoms with van der Waals surface area (Å²) in [4.78, 5) is 3.15. The fourth-order valence-corrected chi connectivity index (χ4v) is 1.11. The standard InChI is InChI=1S/C9H12F3N3O2/c10-9(11,12)8-1-7(6(13)2-14-8)15-5(3-16)4-17/h1-2,5,16-17H,3-4,13H2,(H,14,15). The molecule has 8 heteroatoms. The molecule has 0 saturated carbocycles. The number of aliphatic hydroxyl groups is 2. The first-order valence-electron chi connectivity index (χ1n) is 4.69. The summed E-state index contributed by atoms with van der Waals surface area (Å²) in [6.45, 7) is -0.862. The summed E-state index contributed by atoms with van der Waals surface area (Å²) < 4.78 is 37.1. The van der Waals surface area contributed by atoms with Crippen molar-refractivity contribution in [1.29, 1.82) is 0 Å². The molecular formula is C9H12F3N3O2. The summed E-state index contributed by atoms with van der Waals surface area (Å²) in [6, 6.07) is -0.0472. The second kappa shape index (κ2) is 5.19. The van der Waals surface area contributed by atoms with Crippen LogP contribution < -0.4 is 11.1 Å². The van der Waals surface area contributed by atoms with Gasteiger partial charge in [0, 0.05) is 0 Å². The molecule has 0 fully saturated rings. The van der Waals surface area contributed by atoms with Crippen LogP contribution in [-0.2, 0) is 6.18 Å². The Morgan fingerprint density at radius 3 is 2.41 bits per heavy atom. The van der Waals surface area contributed by atoms with E-state index in [-0.39, 0.29) is 11.4 Å². The molecule has 0 unspecified atom stereocenters. The van der Waals surface area contributed by atoms with Crippen molar-refractivity contribution in [2.45, 2.75) is 12.2 Å². The van der Waals surface area contributed by atoms with Crippen LogP contribution in [0, 0.1) is 0 Å². The van der Waals surface area contributed by atoms with Crippen LogP contribution in [0.3, 0.4) is 0 Å². The van der Waals surface area contributed by atoms with Crippen LogP contribution >= 0.6 is 0 Å². The summed E-state index contributed by atoms with van der Waals surface area (Å²) in [5.41, 5.74) is 4.32. The Kier molecular flexibility index (Phi) is 4.13. The summed E-state index contributed by atoms with van der Waals surface area (Å²) in [5, 5.41) is 20.1. The molecule has 0 aliphatic carbocycles. The van der Waals surface area contributed by atoms with Gasteiger partial charge < -0.3 is 21.3 Å². The van der Waals surface area contributed by atoms with Gasteiger partial charge in [0.25, 0.3) is 0 Å². The van der Waals surface area contributed by atoms with Gasteiger partial charge in [-0.15, -0.1) is 0 Å². The molecule has 0 aromatic carbocycles. The Hall–Kier alpha value is -1.54. The summed E-state index contributed by atoms with van der Waals surface area (Å²) in [5.74, 6) is 0. The number of pyridine rings is 1. The van der Waals surface area contributed by atoms with E-state index in [1.807, 2.05) is 0 Å². The first-order valence-corrected chi connectivity index (χ1v) is 4.69. The molecule has 96 valence electrons. The predicted octanol–water partition coefficient (Wildman–Crippen LogP) is 0.448. The van der Waals surface area contributed by atoms with Gasteiger partial charge in [0.15, 0.2) is 0 Å². The third kappa shape index (κ3) is 3.46. The molecule has 0 bridgehead atoms. The molecular weight excluding hydrogens is 239 g/mol. The van der Waals surface area contributed by atoms with Crippen LogP contribution in [-0.4, -0.2) is 34.5 Å². The van der Waals surface area contributed by atoms with Crippen molar-refractivity contribution in [2.24, 2.45) is 0 Å². The fourth-order valence-electron chi connectivity index (χ4n) is 1.11. The van der Waals surface area contributed by atoms with E-state index < -0.39 is 31.1 Å². The molecule has 0 saturated heterocycles. The van der Waals surface area contributed by atoms with Gasteiger partial charge in [0.05, 0.1) is 36.8 Å². The van der Waals surface area contributed by atoms with E-state index in [0.29, 0.717) is 0 Å². The van der Waals surface area contributed by atoms with Crippen molar-refractivity contribution in [2.75, 3.05) is 24.3 Å². The second-order valence-electron chi connectivity index (χ2n) is 3.36. The SMILES string of the molecule is Nc1cnc(C(F)(F)F)cc1NC(CO)CO. The molecule has 5 N–H and O–H groups in total. The number of anilines is 2. The van der Waals surface area contributed by atoms with Gasteiger partial charge in [0.2, 0.25) is 0 Å². The summed E-state index contributed by atoms with van der Waals surface area (Å²) >= 11 is 0. The molecule has 0 aliphatic heterocycles. The number of nitrogen functional groups attached to an aromatic ring is 1. The maximum Gasteiger partial charge on any atom is 0.433 e. The van der Waals surface area contributed by atoms with Gasteiger partial charge in [-0.3, -0.25) is 0 Å². The maximum absolute atomic E-state index is 12.4. The van der Waals surface area contributed by atoms with E-state index in [0.717, 1.165) is 12.3 Å². The molecule has 17 heavy (non-hydrogen) atoms. The Labute approximate surface area is 95.1 Å². The van der Waals surface area contributed by atoms with Gasteiger partial charge in [-0.05, 0) is 6.07 Å². The first kappa shape index (κ1) is 13.5. The molecule has 1 aromatic rings. The molecule has 0 spiro atoms. The van der Waals surface area contributed by atoms with Crippen molar-refractivity contribution in [3.63, 3.8) is 0 Å². The highest BCUT2D eigenvalue weighted by atomic mass is 19.4. The molecule has 1 heterocycles. The lowest BCUT2D eigenvalue weighted by atomic mass is 10.2. The van der Waals surface area contributed by atoms with Crippen LogP contribution in [0.2, 0.25) is 0 Å². The van der Waals surface area contributed by atoms with Gasteiger partial charge in [-0.1, -0.05) is 0 Å². The Bertz CT molecular complexity index is 380. The highest BCUT2D eigenvalue weighted by Crippen LogP contribution is 2.31. The molecule has 1 rings (SSSR count). The second-order valence-corrected chi connectivity index (χ2v) is 3.36. The topological polar surface area (TPSA) is 91.4 Å². The Balaban J connectivity index is 2.98. The number of hydrogen-bond acceptors (Lipinski definition) is 5. The van der Waals surface area contributed by atoms with Gasteiger partial charge in [-0.25, -0.2) is 4.98 Å². The van der Waals surface area contributed by atoms with E-state index in [1.54, 1.807) is 0 Å². The molecule has 0 atom stereocenters. The Morgan fingerprint density at radius 2 is 1.94 bits per heavy atom. The third-order valence-corrected chi connectivity index (χ3v) is 2.03. The molecule has 0 radical (unpaired) electrons. The van der Waals surface area contributed by atoms with Crippen LogP contribution in [0.5, 0.6) is 0 Å². The number of aliphatic hydroxyl groups excluding tert-OH is 2. The fraction of sp³-hybridized carbons (Fsp3) is 0.444. The number of nitrogens with zero attached hydrogens (tertiary/aromatic N) is 1. The maximum atomic E-state index is 12.4. The van der Waals surface area contributed by atoms with Crippen LogP contribution in [0.25, 0.3) is 0 Å². The smallest absolute Gasteiger partial charge is 0.396 e. The zero-order valence-corrected chi connectivity index (χ0v) is 8.70. The zero-order valence-electron chi connectivity index (χ0n) is 8.70. The van der Waals surface area contributed by atoms with Gasteiger partial charge in [0.1, 0.15) is 5.69 Å². The van der Waals surface area contributed by atoms with Crippen LogP contribution in [0.1, 0.15) is 5.69 Å². The highest BCUT2D eigenvalue weighted by Gasteiger charge is 2.33. The van der Waals surface area contributed by atoms with E-state index in [9.17, 15) is 13.2 Å². The van der Waals surface area contributed by atoms with E-state index in [4.69, 9.17) is 15.9 Å². The lowest BCUT2D eigenvalue weighted by molar-refractivity contribution is -0.141. The lowest BCUT2D eigenvalue weighted by Crippen LogP contribution is -2.28. The minimum atomic E-state index is -4.57. The summed E-state index contributed by atoms with van der Waals surface area (Å²) in [6.07, 6.45) is -3.70. The number of nitrogens with two attached hydrogens (primary N) is 1. The van der Waals surface area contributed by atoms with Crippen molar-refractivity contribution in [3.05, 3.63) is 18.0 Å².